The maximum absolute atomic E-state index is 5.18. The van der Waals surface area contributed by atoms with Crippen LogP contribution in [0, 0.1) is 24.7 Å². The van der Waals surface area contributed by atoms with Gasteiger partial charge in [-0.05, 0) is 12.8 Å². The monoisotopic (exact) mass is 148 g/mol. The highest BCUT2D eigenvalue weighted by atomic mass is 16.5. The van der Waals surface area contributed by atoms with Crippen LogP contribution >= 0.6 is 0 Å². The van der Waals surface area contributed by atoms with Gasteiger partial charge in [-0.2, -0.15) is 0 Å². The summed E-state index contributed by atoms with van der Waals surface area (Å²) in [6.45, 7) is 3.87. The Morgan fingerprint density at radius 3 is 2.73 bits per heavy atom. The van der Waals surface area contributed by atoms with Gasteiger partial charge in [-0.3, -0.25) is 0 Å². The van der Waals surface area contributed by atoms with Crippen molar-refractivity contribution < 1.29 is 4.74 Å². The molecule has 0 aromatic rings. The lowest BCUT2D eigenvalue weighted by Crippen LogP contribution is -2.09. The van der Waals surface area contributed by atoms with Crippen molar-refractivity contribution in [2.75, 3.05) is 6.61 Å². The molecular weight excluding hydrogens is 136 g/mol. The molecule has 0 aliphatic rings. The van der Waals surface area contributed by atoms with E-state index in [4.69, 9.17) is 17.6 Å². The summed E-state index contributed by atoms with van der Waals surface area (Å²) in [5.41, 5.74) is 0. The molecule has 0 bridgehead atoms. The molecule has 0 rings (SSSR count). The minimum atomic E-state index is -0.163. The van der Waals surface area contributed by atoms with Crippen molar-refractivity contribution in [1.29, 1.82) is 0 Å². The van der Waals surface area contributed by atoms with Crippen LogP contribution in [0.2, 0.25) is 0 Å². The molecule has 0 fully saturated rings. The SMILES string of the molecule is C#CCOC(C#C)CCC=C. The average Bonchev–Trinajstić information content (AvgIpc) is 2.05. The summed E-state index contributed by atoms with van der Waals surface area (Å²) < 4.78 is 5.12. The third-order valence-corrected chi connectivity index (χ3v) is 1.19. The number of rotatable bonds is 5. The lowest BCUT2D eigenvalue weighted by atomic mass is 10.2. The van der Waals surface area contributed by atoms with E-state index in [0.29, 0.717) is 0 Å². The Labute approximate surface area is 68.4 Å². The summed E-state index contributed by atoms with van der Waals surface area (Å²) in [6.07, 6.45) is 13.5. The highest BCUT2D eigenvalue weighted by Crippen LogP contribution is 2.00. The van der Waals surface area contributed by atoms with Crippen LogP contribution in [0.25, 0.3) is 0 Å². The summed E-state index contributed by atoms with van der Waals surface area (Å²) in [5, 5.41) is 0. The maximum atomic E-state index is 5.18. The van der Waals surface area contributed by atoms with Gasteiger partial charge in [0, 0.05) is 0 Å². The average molecular weight is 148 g/mol. The summed E-state index contributed by atoms with van der Waals surface area (Å²) in [4.78, 5) is 0. The van der Waals surface area contributed by atoms with Crippen molar-refractivity contribution in [3.8, 4) is 24.7 Å². The lowest BCUT2D eigenvalue weighted by Gasteiger charge is -2.07. The van der Waals surface area contributed by atoms with E-state index in [1.807, 2.05) is 6.08 Å². The van der Waals surface area contributed by atoms with Crippen molar-refractivity contribution >= 4 is 0 Å². The fourth-order valence-electron chi connectivity index (χ4n) is 0.633. The van der Waals surface area contributed by atoms with Crippen molar-refractivity contribution in [1.82, 2.24) is 0 Å². The van der Waals surface area contributed by atoms with Crippen LogP contribution in [0.4, 0.5) is 0 Å². The zero-order chi connectivity index (χ0) is 8.53. The number of allylic oxidation sites excluding steroid dienone is 1. The molecule has 1 atom stereocenters. The quantitative estimate of drug-likeness (QED) is 0.425. The third-order valence-electron chi connectivity index (χ3n) is 1.19. The summed E-state index contributed by atoms with van der Waals surface area (Å²) >= 11 is 0. The normalized spacial score (nSPS) is 11.1. The van der Waals surface area contributed by atoms with Gasteiger partial charge in [0.25, 0.3) is 0 Å². The van der Waals surface area contributed by atoms with Gasteiger partial charge in [0.1, 0.15) is 12.7 Å². The largest absolute Gasteiger partial charge is 0.353 e. The highest BCUT2D eigenvalue weighted by molar-refractivity contribution is 4.97. The van der Waals surface area contributed by atoms with Gasteiger partial charge in [0.2, 0.25) is 0 Å². The van der Waals surface area contributed by atoms with E-state index in [9.17, 15) is 0 Å². The number of terminal acetylenes is 2. The number of hydrogen-bond donors (Lipinski definition) is 0. The molecule has 0 aromatic heterocycles. The van der Waals surface area contributed by atoms with E-state index in [1.165, 1.54) is 0 Å². The fourth-order valence-corrected chi connectivity index (χ4v) is 0.633. The Bertz CT molecular complexity index is 180. The number of ether oxygens (including phenoxy) is 1. The Morgan fingerprint density at radius 2 is 2.27 bits per heavy atom. The summed E-state index contributed by atoms with van der Waals surface area (Å²) in [7, 11) is 0. The Balaban J connectivity index is 3.53. The van der Waals surface area contributed by atoms with Gasteiger partial charge < -0.3 is 4.74 Å². The number of hydrogen-bond acceptors (Lipinski definition) is 1. The highest BCUT2D eigenvalue weighted by Gasteiger charge is 2.01. The van der Waals surface area contributed by atoms with E-state index in [-0.39, 0.29) is 12.7 Å². The van der Waals surface area contributed by atoms with Crippen molar-refractivity contribution in [2.24, 2.45) is 0 Å². The maximum Gasteiger partial charge on any atom is 0.119 e. The second kappa shape index (κ2) is 6.93. The van der Waals surface area contributed by atoms with Crippen LogP contribution in [0.1, 0.15) is 12.8 Å². The molecular formula is C10H12O. The zero-order valence-electron chi connectivity index (χ0n) is 6.55. The van der Waals surface area contributed by atoms with Gasteiger partial charge in [-0.25, -0.2) is 0 Å². The first-order chi connectivity index (χ1) is 5.35. The molecule has 1 nitrogen and oxygen atoms in total. The van der Waals surface area contributed by atoms with E-state index in [0.717, 1.165) is 12.8 Å². The molecule has 0 heterocycles. The van der Waals surface area contributed by atoms with Crippen molar-refractivity contribution in [3.05, 3.63) is 12.7 Å². The molecule has 11 heavy (non-hydrogen) atoms. The van der Waals surface area contributed by atoms with Crippen LogP contribution in [0.3, 0.4) is 0 Å². The van der Waals surface area contributed by atoms with Crippen LogP contribution in [0.15, 0.2) is 12.7 Å². The van der Waals surface area contributed by atoms with Gasteiger partial charge in [-0.15, -0.1) is 19.4 Å². The second-order valence-corrected chi connectivity index (χ2v) is 2.04. The Hall–Kier alpha value is -1.18. The summed E-state index contributed by atoms with van der Waals surface area (Å²) in [5.74, 6) is 4.87. The predicted octanol–water partition coefficient (Wildman–Crippen LogP) is 1.60. The van der Waals surface area contributed by atoms with Crippen molar-refractivity contribution in [3.63, 3.8) is 0 Å². The van der Waals surface area contributed by atoms with E-state index < -0.39 is 0 Å². The first kappa shape index (κ1) is 9.82. The van der Waals surface area contributed by atoms with Gasteiger partial charge in [-0.1, -0.05) is 17.9 Å². The molecule has 0 saturated carbocycles. The van der Waals surface area contributed by atoms with Crippen LogP contribution < -0.4 is 0 Å². The minimum absolute atomic E-state index is 0.163. The van der Waals surface area contributed by atoms with Crippen LogP contribution in [-0.4, -0.2) is 12.7 Å². The van der Waals surface area contributed by atoms with E-state index >= 15 is 0 Å². The molecule has 0 N–H and O–H groups in total. The van der Waals surface area contributed by atoms with Gasteiger partial charge in [0.15, 0.2) is 0 Å². The van der Waals surface area contributed by atoms with Crippen LogP contribution in [-0.2, 0) is 4.74 Å². The van der Waals surface area contributed by atoms with Gasteiger partial charge in [0.05, 0.1) is 0 Å². The smallest absolute Gasteiger partial charge is 0.119 e. The lowest BCUT2D eigenvalue weighted by molar-refractivity contribution is 0.115. The third kappa shape index (κ3) is 5.27. The Morgan fingerprint density at radius 1 is 1.55 bits per heavy atom. The molecule has 1 unspecified atom stereocenters. The molecule has 0 aromatic carbocycles. The van der Waals surface area contributed by atoms with Crippen molar-refractivity contribution in [2.45, 2.75) is 18.9 Å². The topological polar surface area (TPSA) is 9.23 Å². The molecule has 58 valence electrons. The molecule has 0 amide bonds. The first-order valence-corrected chi connectivity index (χ1v) is 3.47. The summed E-state index contributed by atoms with van der Waals surface area (Å²) in [6, 6.07) is 0. The predicted molar refractivity (Wildman–Crippen MR) is 46.8 cm³/mol. The van der Waals surface area contributed by atoms with E-state index in [1.54, 1.807) is 0 Å². The van der Waals surface area contributed by atoms with Gasteiger partial charge >= 0.3 is 0 Å². The Kier molecular flexibility index (Phi) is 6.19. The fraction of sp³-hybridized carbons (Fsp3) is 0.400. The molecule has 0 aliphatic heterocycles. The van der Waals surface area contributed by atoms with E-state index in [2.05, 4.69) is 18.4 Å². The molecule has 1 heteroatoms. The zero-order valence-corrected chi connectivity index (χ0v) is 6.55. The molecule has 0 spiro atoms. The first-order valence-electron chi connectivity index (χ1n) is 3.47. The second-order valence-electron chi connectivity index (χ2n) is 2.04. The molecule has 0 aliphatic carbocycles. The minimum Gasteiger partial charge on any atom is -0.353 e. The molecule has 0 saturated heterocycles. The molecule has 0 radical (unpaired) electrons. The standard InChI is InChI=1S/C10H12O/c1-4-7-8-10(6-3)11-9-5-2/h2-4,10H,1,7-9H2. The van der Waals surface area contributed by atoms with Crippen LogP contribution in [0.5, 0.6) is 0 Å².